The lowest BCUT2D eigenvalue weighted by molar-refractivity contribution is 0.150. The average Bonchev–Trinajstić information content (AvgIpc) is 2.57. The first-order valence-corrected chi connectivity index (χ1v) is 5.75. The second kappa shape index (κ2) is 4.85. The summed E-state index contributed by atoms with van der Waals surface area (Å²) < 4.78 is 1.70. The van der Waals surface area contributed by atoms with E-state index in [2.05, 4.69) is 10.1 Å². The Morgan fingerprint density at radius 2 is 2.18 bits per heavy atom. The van der Waals surface area contributed by atoms with Gasteiger partial charge in [0, 0.05) is 5.02 Å². The Kier molecular flexibility index (Phi) is 3.45. The van der Waals surface area contributed by atoms with Crippen LogP contribution in [0.2, 0.25) is 5.02 Å². The maximum atomic E-state index is 10.1. The minimum atomic E-state index is -0.631. The molecule has 1 N–H and O–H groups in total. The van der Waals surface area contributed by atoms with Gasteiger partial charge in [-0.25, -0.2) is 9.67 Å². The number of nitrogens with zero attached hydrogens (tertiary/aromatic N) is 3. The minimum Gasteiger partial charge on any atom is -0.386 e. The standard InChI is InChI=1S/C12H14ClN3O/c1-8-14-9(2)16(15-8)7-12(17)10-4-3-5-11(13)6-10/h3-6,12,17H,7H2,1-2H3. The Morgan fingerprint density at radius 3 is 2.76 bits per heavy atom. The Hall–Kier alpha value is -1.39. The molecule has 0 spiro atoms. The van der Waals surface area contributed by atoms with Gasteiger partial charge < -0.3 is 5.11 Å². The van der Waals surface area contributed by atoms with E-state index in [0.29, 0.717) is 17.4 Å². The van der Waals surface area contributed by atoms with E-state index in [4.69, 9.17) is 11.6 Å². The van der Waals surface area contributed by atoms with E-state index >= 15 is 0 Å². The molecule has 0 aliphatic rings. The summed E-state index contributed by atoms with van der Waals surface area (Å²) in [6, 6.07) is 7.20. The Labute approximate surface area is 105 Å². The molecule has 2 aromatic rings. The highest BCUT2D eigenvalue weighted by Gasteiger charge is 2.11. The summed E-state index contributed by atoms with van der Waals surface area (Å²) in [5, 5.41) is 14.9. The predicted octanol–water partition coefficient (Wildman–Crippen LogP) is 2.28. The van der Waals surface area contributed by atoms with E-state index in [1.54, 1.807) is 16.8 Å². The van der Waals surface area contributed by atoms with Crippen LogP contribution in [0.4, 0.5) is 0 Å². The molecule has 17 heavy (non-hydrogen) atoms. The number of aliphatic hydroxyl groups is 1. The van der Waals surface area contributed by atoms with Crippen LogP contribution < -0.4 is 0 Å². The molecule has 0 aliphatic heterocycles. The normalized spacial score (nSPS) is 12.7. The highest BCUT2D eigenvalue weighted by atomic mass is 35.5. The molecule has 1 heterocycles. The van der Waals surface area contributed by atoms with E-state index in [9.17, 15) is 5.11 Å². The van der Waals surface area contributed by atoms with Gasteiger partial charge in [-0.3, -0.25) is 0 Å². The molecule has 1 aromatic heterocycles. The SMILES string of the molecule is Cc1nc(C)n(CC(O)c2cccc(Cl)c2)n1. The second-order valence-corrected chi connectivity index (χ2v) is 4.40. The molecule has 1 aromatic carbocycles. The quantitative estimate of drug-likeness (QED) is 0.911. The van der Waals surface area contributed by atoms with Gasteiger partial charge in [0.15, 0.2) is 0 Å². The zero-order valence-electron chi connectivity index (χ0n) is 9.76. The maximum Gasteiger partial charge on any atom is 0.147 e. The molecule has 0 saturated carbocycles. The maximum absolute atomic E-state index is 10.1. The molecule has 1 unspecified atom stereocenters. The molecule has 0 saturated heterocycles. The van der Waals surface area contributed by atoms with Crippen LogP contribution in [0.3, 0.4) is 0 Å². The van der Waals surface area contributed by atoms with Crippen molar-refractivity contribution in [2.45, 2.75) is 26.5 Å². The summed E-state index contributed by atoms with van der Waals surface area (Å²) >= 11 is 5.88. The third kappa shape index (κ3) is 2.84. The summed E-state index contributed by atoms with van der Waals surface area (Å²) in [6.45, 7) is 4.08. The summed E-state index contributed by atoms with van der Waals surface area (Å²) in [5.41, 5.74) is 0.782. The molecule has 0 fully saturated rings. The van der Waals surface area contributed by atoms with Gasteiger partial charge in [-0.1, -0.05) is 23.7 Å². The lowest BCUT2D eigenvalue weighted by atomic mass is 10.1. The van der Waals surface area contributed by atoms with Crippen molar-refractivity contribution >= 4 is 11.6 Å². The third-order valence-electron chi connectivity index (χ3n) is 2.54. The van der Waals surface area contributed by atoms with Crippen LogP contribution in [0.25, 0.3) is 0 Å². The van der Waals surface area contributed by atoms with Crippen LogP contribution in [0.15, 0.2) is 24.3 Å². The van der Waals surface area contributed by atoms with Gasteiger partial charge in [0.2, 0.25) is 0 Å². The van der Waals surface area contributed by atoms with Crippen LogP contribution in [0, 0.1) is 13.8 Å². The number of aromatic nitrogens is 3. The number of hydrogen-bond donors (Lipinski definition) is 1. The molecule has 1 atom stereocenters. The molecule has 0 aliphatic carbocycles. The monoisotopic (exact) mass is 251 g/mol. The first kappa shape index (κ1) is 12.1. The molecule has 0 radical (unpaired) electrons. The fraction of sp³-hybridized carbons (Fsp3) is 0.333. The topological polar surface area (TPSA) is 50.9 Å². The van der Waals surface area contributed by atoms with Crippen molar-refractivity contribution in [2.75, 3.05) is 0 Å². The van der Waals surface area contributed by atoms with Crippen LogP contribution in [0.1, 0.15) is 23.3 Å². The molecule has 4 nitrogen and oxygen atoms in total. The fourth-order valence-corrected chi connectivity index (χ4v) is 1.92. The molecule has 2 rings (SSSR count). The van der Waals surface area contributed by atoms with Gasteiger partial charge in [0.05, 0.1) is 12.6 Å². The summed E-state index contributed by atoms with van der Waals surface area (Å²) in [6.07, 6.45) is -0.631. The smallest absolute Gasteiger partial charge is 0.147 e. The number of hydrogen-bond acceptors (Lipinski definition) is 3. The van der Waals surface area contributed by atoms with E-state index in [-0.39, 0.29) is 0 Å². The number of aliphatic hydroxyl groups excluding tert-OH is 1. The van der Waals surface area contributed by atoms with Crippen molar-refractivity contribution in [3.05, 3.63) is 46.5 Å². The molecule has 5 heteroatoms. The zero-order valence-corrected chi connectivity index (χ0v) is 10.5. The largest absolute Gasteiger partial charge is 0.386 e. The highest BCUT2D eigenvalue weighted by Crippen LogP contribution is 2.19. The number of halogens is 1. The highest BCUT2D eigenvalue weighted by molar-refractivity contribution is 6.30. The number of rotatable bonds is 3. The third-order valence-corrected chi connectivity index (χ3v) is 2.78. The molecule has 0 amide bonds. The first-order chi connectivity index (χ1) is 8.06. The molecular formula is C12H14ClN3O. The van der Waals surface area contributed by atoms with Gasteiger partial charge >= 0.3 is 0 Å². The average molecular weight is 252 g/mol. The van der Waals surface area contributed by atoms with Crippen molar-refractivity contribution < 1.29 is 5.11 Å². The van der Waals surface area contributed by atoms with Crippen molar-refractivity contribution in [2.24, 2.45) is 0 Å². The minimum absolute atomic E-state index is 0.382. The van der Waals surface area contributed by atoms with E-state index in [0.717, 1.165) is 11.4 Å². The van der Waals surface area contributed by atoms with E-state index in [1.165, 1.54) is 0 Å². The van der Waals surface area contributed by atoms with E-state index in [1.807, 2.05) is 26.0 Å². The molecule has 90 valence electrons. The van der Waals surface area contributed by atoms with Crippen LogP contribution >= 0.6 is 11.6 Å². The molecule has 0 bridgehead atoms. The summed E-state index contributed by atoms with van der Waals surface area (Å²) in [5.74, 6) is 1.50. The predicted molar refractivity (Wildman–Crippen MR) is 65.9 cm³/mol. The Morgan fingerprint density at radius 1 is 1.41 bits per heavy atom. The fourth-order valence-electron chi connectivity index (χ4n) is 1.72. The van der Waals surface area contributed by atoms with Gasteiger partial charge in [0.25, 0.3) is 0 Å². The first-order valence-electron chi connectivity index (χ1n) is 5.38. The Balaban J connectivity index is 2.16. The van der Waals surface area contributed by atoms with Crippen LogP contribution in [-0.2, 0) is 6.54 Å². The lowest BCUT2D eigenvalue weighted by Crippen LogP contribution is -2.11. The van der Waals surface area contributed by atoms with Crippen molar-refractivity contribution in [1.82, 2.24) is 14.8 Å². The van der Waals surface area contributed by atoms with Crippen molar-refractivity contribution in [3.8, 4) is 0 Å². The molecular weight excluding hydrogens is 238 g/mol. The van der Waals surface area contributed by atoms with E-state index < -0.39 is 6.10 Å². The zero-order chi connectivity index (χ0) is 12.4. The van der Waals surface area contributed by atoms with Gasteiger partial charge in [-0.05, 0) is 31.5 Å². The van der Waals surface area contributed by atoms with Gasteiger partial charge in [-0.2, -0.15) is 5.10 Å². The number of benzene rings is 1. The summed E-state index contributed by atoms with van der Waals surface area (Å²) in [4.78, 5) is 4.19. The van der Waals surface area contributed by atoms with Crippen LogP contribution in [0.5, 0.6) is 0 Å². The lowest BCUT2D eigenvalue weighted by Gasteiger charge is -2.11. The van der Waals surface area contributed by atoms with Crippen LogP contribution in [-0.4, -0.2) is 19.9 Å². The van der Waals surface area contributed by atoms with Crippen molar-refractivity contribution in [3.63, 3.8) is 0 Å². The number of aryl methyl sites for hydroxylation is 2. The van der Waals surface area contributed by atoms with Gasteiger partial charge in [-0.15, -0.1) is 0 Å². The van der Waals surface area contributed by atoms with Gasteiger partial charge in [0.1, 0.15) is 11.6 Å². The van der Waals surface area contributed by atoms with Crippen molar-refractivity contribution in [1.29, 1.82) is 0 Å². The Bertz CT molecular complexity index is 524. The second-order valence-electron chi connectivity index (χ2n) is 3.96. The summed E-state index contributed by atoms with van der Waals surface area (Å²) in [7, 11) is 0.